The second-order valence-electron chi connectivity index (χ2n) is 5.48. The molecule has 0 aliphatic carbocycles. The number of hydrogen-bond donors (Lipinski definition) is 1. The number of amides is 1. The van der Waals surface area contributed by atoms with Gasteiger partial charge in [-0.2, -0.15) is 0 Å². The van der Waals surface area contributed by atoms with Crippen molar-refractivity contribution >= 4 is 5.91 Å². The van der Waals surface area contributed by atoms with E-state index in [1.165, 1.54) is 6.42 Å². The number of carbonyl (C=O) groups is 1. The monoisotopic (exact) mass is 242 g/mol. The summed E-state index contributed by atoms with van der Waals surface area (Å²) < 4.78 is 0. The van der Waals surface area contributed by atoms with E-state index in [-0.39, 0.29) is 12.0 Å². The highest BCUT2D eigenvalue weighted by molar-refractivity contribution is 5.79. The molecule has 1 fully saturated rings. The predicted molar refractivity (Wildman–Crippen MR) is 68.8 cm³/mol. The van der Waals surface area contributed by atoms with E-state index in [0.29, 0.717) is 25.2 Å². The van der Waals surface area contributed by atoms with Crippen LogP contribution in [0, 0.1) is 0 Å². The number of rotatable bonds is 4. The van der Waals surface area contributed by atoms with Gasteiger partial charge in [0.1, 0.15) is 0 Å². The summed E-state index contributed by atoms with van der Waals surface area (Å²) in [6.07, 6.45) is 3.05. The van der Waals surface area contributed by atoms with Gasteiger partial charge in [-0.1, -0.05) is 0 Å². The highest BCUT2D eigenvalue weighted by Crippen LogP contribution is 2.22. The number of aliphatic hydroxyl groups excluding tert-OH is 1. The van der Waals surface area contributed by atoms with Gasteiger partial charge in [0.2, 0.25) is 5.91 Å². The second-order valence-corrected chi connectivity index (χ2v) is 5.48. The summed E-state index contributed by atoms with van der Waals surface area (Å²) in [5.41, 5.74) is 0. The SMILES string of the molecule is CC(O)CN(C)CC(=O)N1C(C)CCCC1C. The van der Waals surface area contributed by atoms with Crippen LogP contribution in [0.2, 0.25) is 0 Å². The molecule has 4 nitrogen and oxygen atoms in total. The van der Waals surface area contributed by atoms with Crippen LogP contribution in [0.5, 0.6) is 0 Å². The van der Waals surface area contributed by atoms with Crippen molar-refractivity contribution in [2.24, 2.45) is 0 Å². The number of carbonyl (C=O) groups excluding carboxylic acids is 1. The molecular formula is C13H26N2O2. The third kappa shape index (κ3) is 4.28. The molecule has 0 saturated carbocycles. The van der Waals surface area contributed by atoms with E-state index in [4.69, 9.17) is 0 Å². The summed E-state index contributed by atoms with van der Waals surface area (Å²) >= 11 is 0. The summed E-state index contributed by atoms with van der Waals surface area (Å²) in [5.74, 6) is 0.188. The van der Waals surface area contributed by atoms with Crippen LogP contribution in [-0.4, -0.2) is 59.1 Å². The normalized spacial score (nSPS) is 27.3. The van der Waals surface area contributed by atoms with Gasteiger partial charge in [0.25, 0.3) is 0 Å². The van der Waals surface area contributed by atoms with Crippen molar-refractivity contribution in [2.75, 3.05) is 20.1 Å². The van der Waals surface area contributed by atoms with Crippen molar-refractivity contribution in [3.8, 4) is 0 Å². The van der Waals surface area contributed by atoms with Crippen molar-refractivity contribution in [3.05, 3.63) is 0 Å². The standard InChI is InChI=1S/C13H26N2O2/c1-10-6-5-7-11(2)15(10)13(17)9-14(4)8-12(3)16/h10-12,16H,5-9H2,1-4H3. The van der Waals surface area contributed by atoms with Crippen molar-refractivity contribution < 1.29 is 9.90 Å². The third-order valence-corrected chi connectivity index (χ3v) is 3.46. The van der Waals surface area contributed by atoms with E-state index < -0.39 is 0 Å². The lowest BCUT2D eigenvalue weighted by Gasteiger charge is -2.40. The fourth-order valence-corrected chi connectivity index (χ4v) is 2.74. The minimum atomic E-state index is -0.385. The number of aliphatic hydroxyl groups is 1. The molecule has 3 unspecified atom stereocenters. The number of nitrogens with zero attached hydrogens (tertiary/aromatic N) is 2. The molecule has 17 heavy (non-hydrogen) atoms. The fourth-order valence-electron chi connectivity index (χ4n) is 2.74. The van der Waals surface area contributed by atoms with Gasteiger partial charge in [-0.05, 0) is 47.1 Å². The van der Waals surface area contributed by atoms with E-state index in [0.717, 1.165) is 12.8 Å². The van der Waals surface area contributed by atoms with Gasteiger partial charge in [0.05, 0.1) is 12.6 Å². The van der Waals surface area contributed by atoms with Gasteiger partial charge in [0.15, 0.2) is 0 Å². The molecule has 0 aromatic carbocycles. The third-order valence-electron chi connectivity index (χ3n) is 3.46. The minimum absolute atomic E-state index is 0.188. The molecule has 1 aliphatic heterocycles. The van der Waals surface area contributed by atoms with Gasteiger partial charge in [-0.3, -0.25) is 9.69 Å². The Bertz CT molecular complexity index is 246. The summed E-state index contributed by atoms with van der Waals surface area (Å²) in [6.45, 7) is 6.94. The maximum atomic E-state index is 12.2. The molecule has 1 N–H and O–H groups in total. The quantitative estimate of drug-likeness (QED) is 0.802. The average molecular weight is 242 g/mol. The van der Waals surface area contributed by atoms with Gasteiger partial charge in [-0.25, -0.2) is 0 Å². The summed E-state index contributed by atoms with van der Waals surface area (Å²) in [6, 6.07) is 0.706. The lowest BCUT2D eigenvalue weighted by atomic mass is 9.97. The first-order valence-corrected chi connectivity index (χ1v) is 6.59. The molecule has 100 valence electrons. The van der Waals surface area contributed by atoms with Crippen molar-refractivity contribution in [2.45, 2.75) is 58.2 Å². The van der Waals surface area contributed by atoms with Crippen molar-refractivity contribution in [1.29, 1.82) is 0 Å². The van der Waals surface area contributed by atoms with Crippen LogP contribution in [0.15, 0.2) is 0 Å². The Morgan fingerprint density at radius 3 is 2.41 bits per heavy atom. The first kappa shape index (κ1) is 14.5. The molecule has 1 amide bonds. The van der Waals surface area contributed by atoms with Crippen LogP contribution in [0.4, 0.5) is 0 Å². The Labute approximate surface area is 105 Å². The fraction of sp³-hybridized carbons (Fsp3) is 0.923. The van der Waals surface area contributed by atoms with Crippen molar-refractivity contribution in [3.63, 3.8) is 0 Å². The Hall–Kier alpha value is -0.610. The van der Waals surface area contributed by atoms with Gasteiger partial charge >= 0.3 is 0 Å². The first-order valence-electron chi connectivity index (χ1n) is 6.59. The number of likely N-dealkylation sites (tertiary alicyclic amines) is 1. The zero-order chi connectivity index (χ0) is 13.0. The minimum Gasteiger partial charge on any atom is -0.392 e. The molecule has 1 heterocycles. The summed E-state index contributed by atoms with van der Waals surface area (Å²) in [4.78, 5) is 16.1. The highest BCUT2D eigenvalue weighted by atomic mass is 16.3. The lowest BCUT2D eigenvalue weighted by Crippen LogP contribution is -2.51. The smallest absolute Gasteiger partial charge is 0.237 e. The van der Waals surface area contributed by atoms with Crippen LogP contribution >= 0.6 is 0 Å². The zero-order valence-electron chi connectivity index (χ0n) is 11.5. The molecule has 1 saturated heterocycles. The average Bonchev–Trinajstić information content (AvgIpc) is 2.15. The second kappa shape index (κ2) is 6.36. The number of hydrogen-bond acceptors (Lipinski definition) is 3. The molecule has 1 rings (SSSR count). The molecule has 0 radical (unpaired) electrons. The predicted octanol–water partition coefficient (Wildman–Crippen LogP) is 1.09. The molecular weight excluding hydrogens is 216 g/mol. The maximum absolute atomic E-state index is 12.2. The van der Waals surface area contributed by atoms with E-state index in [2.05, 4.69) is 13.8 Å². The zero-order valence-corrected chi connectivity index (χ0v) is 11.5. The Morgan fingerprint density at radius 2 is 1.94 bits per heavy atom. The lowest BCUT2D eigenvalue weighted by molar-refractivity contribution is -0.138. The summed E-state index contributed by atoms with van der Waals surface area (Å²) in [7, 11) is 1.88. The Kier molecular flexibility index (Phi) is 5.40. The van der Waals surface area contributed by atoms with Crippen LogP contribution in [0.1, 0.15) is 40.0 Å². The van der Waals surface area contributed by atoms with Crippen LogP contribution in [0.25, 0.3) is 0 Å². The van der Waals surface area contributed by atoms with Gasteiger partial charge < -0.3 is 10.0 Å². The maximum Gasteiger partial charge on any atom is 0.237 e. The van der Waals surface area contributed by atoms with E-state index >= 15 is 0 Å². The van der Waals surface area contributed by atoms with Crippen molar-refractivity contribution in [1.82, 2.24) is 9.80 Å². The molecule has 1 aliphatic rings. The van der Waals surface area contributed by atoms with E-state index in [1.807, 2.05) is 16.8 Å². The van der Waals surface area contributed by atoms with Crippen LogP contribution in [0.3, 0.4) is 0 Å². The highest BCUT2D eigenvalue weighted by Gasteiger charge is 2.29. The van der Waals surface area contributed by atoms with Crippen LogP contribution in [-0.2, 0) is 4.79 Å². The van der Waals surface area contributed by atoms with Gasteiger partial charge in [-0.15, -0.1) is 0 Å². The molecule has 4 heteroatoms. The topological polar surface area (TPSA) is 43.8 Å². The Balaban J connectivity index is 2.50. The molecule has 0 aromatic rings. The number of piperidine rings is 1. The van der Waals surface area contributed by atoms with E-state index in [9.17, 15) is 9.90 Å². The largest absolute Gasteiger partial charge is 0.392 e. The molecule has 0 bridgehead atoms. The Morgan fingerprint density at radius 1 is 1.41 bits per heavy atom. The number of likely N-dealkylation sites (N-methyl/N-ethyl adjacent to an activating group) is 1. The van der Waals surface area contributed by atoms with E-state index in [1.54, 1.807) is 6.92 Å². The summed E-state index contributed by atoms with van der Waals surface area (Å²) in [5, 5.41) is 9.28. The molecule has 3 atom stereocenters. The molecule has 0 spiro atoms. The molecule has 0 aromatic heterocycles. The first-order chi connectivity index (χ1) is 7.91. The van der Waals surface area contributed by atoms with Crippen LogP contribution < -0.4 is 0 Å². The van der Waals surface area contributed by atoms with Gasteiger partial charge in [0, 0.05) is 18.6 Å².